The highest BCUT2D eigenvalue weighted by Gasteiger charge is 2.19. The van der Waals surface area contributed by atoms with Crippen molar-refractivity contribution < 1.29 is 0 Å². The van der Waals surface area contributed by atoms with Crippen molar-refractivity contribution in [2.45, 2.75) is 51.7 Å². The van der Waals surface area contributed by atoms with Gasteiger partial charge >= 0.3 is 0 Å². The van der Waals surface area contributed by atoms with Crippen LogP contribution in [-0.2, 0) is 13.1 Å². The minimum absolute atomic E-state index is 0. The van der Waals surface area contributed by atoms with E-state index in [1.807, 2.05) is 11.7 Å². The van der Waals surface area contributed by atoms with E-state index in [0.717, 1.165) is 38.2 Å². The van der Waals surface area contributed by atoms with Gasteiger partial charge in [-0.1, -0.05) is 37.6 Å². The Balaban J connectivity index is 0.00000300. The van der Waals surface area contributed by atoms with Crippen LogP contribution in [-0.4, -0.2) is 58.3 Å². The third-order valence-corrected chi connectivity index (χ3v) is 5.40. The summed E-state index contributed by atoms with van der Waals surface area (Å²) >= 11 is 0. The average Bonchev–Trinajstić information content (AvgIpc) is 3.24. The SMILES string of the molecule is CCC1CCCCN1CCNC(=NC)NCc1cccc(Cn2cncn2)c1.I. The molecule has 1 aromatic heterocycles. The lowest BCUT2D eigenvalue weighted by Crippen LogP contribution is -2.45. The highest BCUT2D eigenvalue weighted by molar-refractivity contribution is 14.0. The van der Waals surface area contributed by atoms with Crippen LogP contribution < -0.4 is 10.6 Å². The van der Waals surface area contributed by atoms with Gasteiger partial charge in [-0.25, -0.2) is 9.67 Å². The number of nitrogens with one attached hydrogen (secondary N) is 2. The van der Waals surface area contributed by atoms with Gasteiger partial charge < -0.3 is 10.6 Å². The first-order valence-electron chi connectivity index (χ1n) is 10.4. The second kappa shape index (κ2) is 12.8. The number of rotatable bonds is 8. The van der Waals surface area contributed by atoms with Crippen molar-refractivity contribution in [2.75, 3.05) is 26.7 Å². The number of hydrogen-bond acceptors (Lipinski definition) is 4. The van der Waals surface area contributed by atoms with Gasteiger partial charge in [-0.3, -0.25) is 9.89 Å². The monoisotopic (exact) mass is 511 g/mol. The van der Waals surface area contributed by atoms with Gasteiger partial charge in [0.1, 0.15) is 12.7 Å². The molecule has 29 heavy (non-hydrogen) atoms. The molecular formula is C21H34IN7. The first kappa shape index (κ1) is 23.6. The Hall–Kier alpha value is -1.68. The van der Waals surface area contributed by atoms with E-state index in [2.05, 4.69) is 61.8 Å². The lowest BCUT2D eigenvalue weighted by Gasteiger charge is -2.35. The molecule has 1 aromatic carbocycles. The van der Waals surface area contributed by atoms with E-state index in [9.17, 15) is 0 Å². The third kappa shape index (κ3) is 7.58. The Morgan fingerprint density at radius 1 is 1.24 bits per heavy atom. The summed E-state index contributed by atoms with van der Waals surface area (Å²) in [7, 11) is 1.83. The number of guanidine groups is 1. The molecule has 0 amide bonds. The summed E-state index contributed by atoms with van der Waals surface area (Å²) < 4.78 is 1.83. The van der Waals surface area contributed by atoms with Gasteiger partial charge in [-0.2, -0.15) is 5.10 Å². The summed E-state index contributed by atoms with van der Waals surface area (Å²) in [5.74, 6) is 0.853. The molecule has 1 fully saturated rings. The molecule has 2 aromatic rings. The Morgan fingerprint density at radius 2 is 2.10 bits per heavy atom. The molecule has 1 aliphatic heterocycles. The second-order valence-electron chi connectivity index (χ2n) is 7.36. The van der Waals surface area contributed by atoms with E-state index in [4.69, 9.17) is 0 Å². The highest BCUT2D eigenvalue weighted by Crippen LogP contribution is 2.18. The Labute approximate surface area is 191 Å². The quantitative estimate of drug-likeness (QED) is 0.324. The fourth-order valence-corrected chi connectivity index (χ4v) is 3.88. The molecule has 2 heterocycles. The first-order valence-corrected chi connectivity index (χ1v) is 10.4. The molecule has 0 saturated carbocycles. The molecule has 0 aliphatic carbocycles. The molecule has 1 atom stereocenters. The van der Waals surface area contributed by atoms with Gasteiger partial charge in [-0.05, 0) is 36.9 Å². The number of aliphatic imine (C=N–C) groups is 1. The van der Waals surface area contributed by atoms with Gasteiger partial charge in [0.25, 0.3) is 0 Å². The van der Waals surface area contributed by atoms with Crippen LogP contribution >= 0.6 is 24.0 Å². The first-order chi connectivity index (χ1) is 13.8. The van der Waals surface area contributed by atoms with Crippen molar-refractivity contribution in [3.05, 3.63) is 48.0 Å². The predicted octanol–water partition coefficient (Wildman–Crippen LogP) is 2.87. The van der Waals surface area contributed by atoms with E-state index in [1.54, 1.807) is 12.7 Å². The zero-order valence-electron chi connectivity index (χ0n) is 17.5. The van der Waals surface area contributed by atoms with Crippen LogP contribution in [0.2, 0.25) is 0 Å². The maximum atomic E-state index is 4.36. The normalized spacial score (nSPS) is 17.6. The van der Waals surface area contributed by atoms with Crippen molar-refractivity contribution in [1.82, 2.24) is 30.3 Å². The lowest BCUT2D eigenvalue weighted by atomic mass is 10.0. The summed E-state index contributed by atoms with van der Waals surface area (Å²) in [6.07, 6.45) is 8.60. The van der Waals surface area contributed by atoms with E-state index in [0.29, 0.717) is 0 Å². The topological polar surface area (TPSA) is 70.4 Å². The zero-order valence-corrected chi connectivity index (χ0v) is 19.9. The van der Waals surface area contributed by atoms with Gasteiger partial charge in [0.2, 0.25) is 0 Å². The van der Waals surface area contributed by atoms with Crippen molar-refractivity contribution in [3.8, 4) is 0 Å². The van der Waals surface area contributed by atoms with E-state index in [-0.39, 0.29) is 24.0 Å². The smallest absolute Gasteiger partial charge is 0.191 e. The predicted molar refractivity (Wildman–Crippen MR) is 129 cm³/mol. The molecule has 1 aliphatic rings. The number of nitrogens with zero attached hydrogens (tertiary/aromatic N) is 5. The highest BCUT2D eigenvalue weighted by atomic mass is 127. The third-order valence-electron chi connectivity index (χ3n) is 5.40. The molecule has 0 spiro atoms. The van der Waals surface area contributed by atoms with Crippen LogP contribution in [0, 0.1) is 0 Å². The molecule has 7 nitrogen and oxygen atoms in total. The number of likely N-dealkylation sites (tertiary alicyclic amines) is 1. The molecule has 3 rings (SSSR count). The minimum atomic E-state index is 0. The lowest BCUT2D eigenvalue weighted by molar-refractivity contribution is 0.147. The Kier molecular flexibility index (Phi) is 10.4. The second-order valence-corrected chi connectivity index (χ2v) is 7.36. The summed E-state index contributed by atoms with van der Waals surface area (Å²) in [5.41, 5.74) is 2.44. The number of piperidine rings is 1. The van der Waals surface area contributed by atoms with Crippen LogP contribution in [0.3, 0.4) is 0 Å². The summed E-state index contributed by atoms with van der Waals surface area (Å²) in [4.78, 5) is 11.0. The van der Waals surface area contributed by atoms with Crippen molar-refractivity contribution in [1.29, 1.82) is 0 Å². The van der Waals surface area contributed by atoms with E-state index >= 15 is 0 Å². The summed E-state index contributed by atoms with van der Waals surface area (Å²) in [5, 5.41) is 11.0. The summed E-state index contributed by atoms with van der Waals surface area (Å²) in [6.45, 7) is 7.00. The maximum Gasteiger partial charge on any atom is 0.191 e. The fraction of sp³-hybridized carbons (Fsp3) is 0.571. The Morgan fingerprint density at radius 3 is 2.86 bits per heavy atom. The Bertz CT molecular complexity index is 732. The molecule has 0 radical (unpaired) electrons. The molecule has 1 saturated heterocycles. The average molecular weight is 511 g/mol. The van der Waals surface area contributed by atoms with Crippen molar-refractivity contribution in [2.24, 2.45) is 4.99 Å². The molecule has 160 valence electrons. The molecule has 0 bridgehead atoms. The summed E-state index contributed by atoms with van der Waals surface area (Å²) in [6, 6.07) is 9.27. The molecule has 2 N–H and O–H groups in total. The zero-order chi connectivity index (χ0) is 19.6. The van der Waals surface area contributed by atoms with Gasteiger partial charge in [0.15, 0.2) is 5.96 Å². The fourth-order valence-electron chi connectivity index (χ4n) is 3.88. The molecule has 8 heteroatoms. The number of benzene rings is 1. The maximum absolute atomic E-state index is 4.36. The standard InChI is InChI=1S/C21H33N7.HI/c1-3-20-9-4-5-11-27(20)12-10-24-21(22-2)25-14-18-7-6-8-19(13-18)15-28-17-23-16-26-28;/h6-8,13,16-17,20H,3-5,9-12,14-15H2,1-2H3,(H2,22,24,25);1H. The largest absolute Gasteiger partial charge is 0.355 e. The van der Waals surface area contributed by atoms with Gasteiger partial charge in [0, 0.05) is 32.7 Å². The van der Waals surface area contributed by atoms with E-state index in [1.165, 1.54) is 43.4 Å². The van der Waals surface area contributed by atoms with Crippen molar-refractivity contribution in [3.63, 3.8) is 0 Å². The molecular weight excluding hydrogens is 477 g/mol. The van der Waals surface area contributed by atoms with Crippen LogP contribution in [0.15, 0.2) is 41.9 Å². The van der Waals surface area contributed by atoms with Crippen LogP contribution in [0.5, 0.6) is 0 Å². The van der Waals surface area contributed by atoms with Crippen molar-refractivity contribution >= 4 is 29.9 Å². The number of aromatic nitrogens is 3. The van der Waals surface area contributed by atoms with Crippen LogP contribution in [0.1, 0.15) is 43.7 Å². The minimum Gasteiger partial charge on any atom is -0.355 e. The van der Waals surface area contributed by atoms with Gasteiger partial charge in [-0.15, -0.1) is 24.0 Å². The van der Waals surface area contributed by atoms with E-state index < -0.39 is 0 Å². The molecule has 1 unspecified atom stereocenters. The number of hydrogen-bond donors (Lipinski definition) is 2. The van der Waals surface area contributed by atoms with Crippen LogP contribution in [0.4, 0.5) is 0 Å². The van der Waals surface area contributed by atoms with Gasteiger partial charge in [0.05, 0.1) is 6.54 Å². The number of halogens is 1. The van der Waals surface area contributed by atoms with Crippen LogP contribution in [0.25, 0.3) is 0 Å².